The lowest BCUT2D eigenvalue weighted by atomic mass is 10.3. The molecule has 0 heterocycles. The Morgan fingerprint density at radius 3 is 2.27 bits per heavy atom. The molecule has 1 aromatic rings. The standard InChI is InChI=1S/C9H7F3O3/c10-7(11)9(12,8(13)14)15-6-4-2-1-3-5-6/h1-5,7H,(H,13,14). The minimum Gasteiger partial charge on any atom is -0.476 e. The van der Waals surface area contributed by atoms with Crippen LogP contribution in [0.1, 0.15) is 0 Å². The molecule has 0 spiro atoms. The van der Waals surface area contributed by atoms with Gasteiger partial charge in [0.15, 0.2) is 0 Å². The first kappa shape index (κ1) is 11.4. The fourth-order valence-corrected chi connectivity index (χ4v) is 0.842. The Balaban J connectivity index is 2.90. The van der Waals surface area contributed by atoms with Crippen LogP contribution < -0.4 is 4.74 Å². The third-order valence-corrected chi connectivity index (χ3v) is 1.58. The Morgan fingerprint density at radius 2 is 1.87 bits per heavy atom. The van der Waals surface area contributed by atoms with E-state index in [4.69, 9.17) is 5.11 Å². The van der Waals surface area contributed by atoms with Crippen LogP contribution >= 0.6 is 0 Å². The predicted octanol–water partition coefficient (Wildman–Crippen LogP) is 2.08. The zero-order valence-corrected chi connectivity index (χ0v) is 7.36. The van der Waals surface area contributed by atoms with Crippen LogP contribution in [0.5, 0.6) is 5.75 Å². The van der Waals surface area contributed by atoms with Crippen LogP contribution in [0, 0.1) is 0 Å². The quantitative estimate of drug-likeness (QED) is 0.844. The lowest BCUT2D eigenvalue weighted by molar-refractivity contribution is -0.203. The molecule has 1 aromatic carbocycles. The molecule has 0 aliphatic rings. The molecule has 1 unspecified atom stereocenters. The number of carbonyl (C=O) groups is 1. The Kier molecular flexibility index (Phi) is 3.18. The summed E-state index contributed by atoms with van der Waals surface area (Å²) in [5, 5.41) is 8.28. The largest absolute Gasteiger partial charge is 0.476 e. The van der Waals surface area contributed by atoms with Gasteiger partial charge < -0.3 is 9.84 Å². The first-order chi connectivity index (χ1) is 6.97. The Hall–Kier alpha value is -1.72. The van der Waals surface area contributed by atoms with Gasteiger partial charge >= 0.3 is 18.2 Å². The number of aliphatic carboxylic acids is 1. The molecule has 0 bridgehead atoms. The van der Waals surface area contributed by atoms with E-state index in [0.29, 0.717) is 0 Å². The number of para-hydroxylation sites is 1. The molecule has 0 fully saturated rings. The second kappa shape index (κ2) is 4.20. The van der Waals surface area contributed by atoms with Gasteiger partial charge in [-0.2, -0.15) is 4.39 Å². The molecule has 0 radical (unpaired) electrons. The summed E-state index contributed by atoms with van der Waals surface area (Å²) in [5.74, 6) is -6.65. The van der Waals surface area contributed by atoms with Crippen LogP contribution in [-0.2, 0) is 4.79 Å². The van der Waals surface area contributed by atoms with E-state index in [2.05, 4.69) is 4.74 Å². The van der Waals surface area contributed by atoms with Gasteiger partial charge in [0.25, 0.3) is 0 Å². The molecular weight excluding hydrogens is 213 g/mol. The van der Waals surface area contributed by atoms with E-state index >= 15 is 0 Å². The number of hydrogen-bond donors (Lipinski definition) is 1. The van der Waals surface area contributed by atoms with Crippen molar-refractivity contribution in [2.24, 2.45) is 0 Å². The summed E-state index contributed by atoms with van der Waals surface area (Å²) in [6, 6.07) is 6.72. The van der Waals surface area contributed by atoms with Gasteiger partial charge in [-0.1, -0.05) is 18.2 Å². The van der Waals surface area contributed by atoms with Crippen molar-refractivity contribution in [3.05, 3.63) is 30.3 Å². The molecule has 0 aliphatic heterocycles. The summed E-state index contributed by atoms with van der Waals surface area (Å²) in [7, 11) is 0. The minimum atomic E-state index is -4.01. The van der Waals surface area contributed by atoms with Gasteiger partial charge in [-0.3, -0.25) is 0 Å². The topological polar surface area (TPSA) is 46.5 Å². The van der Waals surface area contributed by atoms with Crippen molar-refractivity contribution in [1.29, 1.82) is 0 Å². The van der Waals surface area contributed by atoms with Crippen molar-refractivity contribution >= 4 is 5.97 Å². The number of ether oxygens (including phenoxy) is 1. The molecule has 3 nitrogen and oxygen atoms in total. The maximum absolute atomic E-state index is 13.2. The second-order valence-corrected chi connectivity index (χ2v) is 2.67. The van der Waals surface area contributed by atoms with E-state index in [1.165, 1.54) is 24.3 Å². The zero-order valence-electron chi connectivity index (χ0n) is 7.36. The molecule has 0 saturated heterocycles. The highest BCUT2D eigenvalue weighted by molar-refractivity contribution is 5.76. The number of carboxylic acid groups (broad SMARTS) is 1. The lowest BCUT2D eigenvalue weighted by Gasteiger charge is -2.20. The summed E-state index contributed by atoms with van der Waals surface area (Å²) in [4.78, 5) is 10.3. The van der Waals surface area contributed by atoms with Gasteiger partial charge in [0.05, 0.1) is 0 Å². The molecule has 0 aromatic heterocycles. The van der Waals surface area contributed by atoms with Crippen molar-refractivity contribution in [3.63, 3.8) is 0 Å². The van der Waals surface area contributed by atoms with Crippen molar-refractivity contribution in [1.82, 2.24) is 0 Å². The third-order valence-electron chi connectivity index (χ3n) is 1.58. The summed E-state index contributed by atoms with van der Waals surface area (Å²) in [5.41, 5.74) is 0. The molecule has 6 heteroatoms. The smallest absolute Gasteiger partial charge is 0.406 e. The Morgan fingerprint density at radius 1 is 1.33 bits per heavy atom. The van der Waals surface area contributed by atoms with Gasteiger partial charge in [-0.25, -0.2) is 13.6 Å². The Bertz CT molecular complexity index is 342. The maximum Gasteiger partial charge on any atom is 0.406 e. The summed E-state index contributed by atoms with van der Waals surface area (Å²) in [6.07, 6.45) is -3.77. The SMILES string of the molecule is O=C(O)C(F)(Oc1ccccc1)C(F)F. The van der Waals surface area contributed by atoms with Crippen LogP contribution in [0.2, 0.25) is 0 Å². The predicted molar refractivity (Wildman–Crippen MR) is 44.5 cm³/mol. The molecule has 0 saturated carbocycles. The second-order valence-electron chi connectivity index (χ2n) is 2.67. The van der Waals surface area contributed by atoms with Crippen molar-refractivity contribution in [2.75, 3.05) is 0 Å². The highest BCUT2D eigenvalue weighted by Crippen LogP contribution is 2.26. The third kappa shape index (κ3) is 2.39. The molecule has 1 rings (SSSR count). The molecular formula is C9H7F3O3. The van der Waals surface area contributed by atoms with E-state index in [9.17, 15) is 18.0 Å². The monoisotopic (exact) mass is 220 g/mol. The minimum absolute atomic E-state index is 0.275. The summed E-state index contributed by atoms with van der Waals surface area (Å²) in [6.45, 7) is 0. The van der Waals surface area contributed by atoms with Gasteiger partial charge in [0.2, 0.25) is 0 Å². The number of alkyl halides is 3. The first-order valence-electron chi connectivity index (χ1n) is 3.91. The first-order valence-corrected chi connectivity index (χ1v) is 3.91. The molecule has 15 heavy (non-hydrogen) atoms. The van der Waals surface area contributed by atoms with E-state index in [1.807, 2.05) is 0 Å². The van der Waals surface area contributed by atoms with Gasteiger partial charge in [0.1, 0.15) is 5.75 Å². The van der Waals surface area contributed by atoms with Crippen molar-refractivity contribution in [2.45, 2.75) is 12.3 Å². The Labute approximate surface area is 83.1 Å². The van der Waals surface area contributed by atoms with Crippen LogP contribution in [0.25, 0.3) is 0 Å². The number of carboxylic acids is 1. The number of hydrogen-bond acceptors (Lipinski definition) is 2. The molecule has 82 valence electrons. The van der Waals surface area contributed by atoms with Crippen LogP contribution in [-0.4, -0.2) is 23.4 Å². The lowest BCUT2D eigenvalue weighted by Crippen LogP contribution is -2.46. The average molecular weight is 220 g/mol. The number of rotatable bonds is 4. The normalized spacial score (nSPS) is 14.7. The van der Waals surface area contributed by atoms with Crippen molar-refractivity contribution in [3.8, 4) is 5.75 Å². The average Bonchev–Trinajstić information content (AvgIpc) is 2.18. The summed E-state index contributed by atoms with van der Waals surface area (Å²) >= 11 is 0. The zero-order chi connectivity index (χ0) is 11.5. The highest BCUT2D eigenvalue weighted by Gasteiger charge is 2.51. The molecule has 0 amide bonds. The van der Waals surface area contributed by atoms with Crippen molar-refractivity contribution < 1.29 is 27.8 Å². The number of benzene rings is 1. The van der Waals surface area contributed by atoms with Crippen LogP contribution in [0.15, 0.2) is 30.3 Å². The summed E-state index contributed by atoms with van der Waals surface area (Å²) < 4.78 is 41.5. The van der Waals surface area contributed by atoms with Crippen LogP contribution in [0.4, 0.5) is 13.2 Å². The van der Waals surface area contributed by atoms with E-state index in [1.54, 1.807) is 6.07 Å². The van der Waals surface area contributed by atoms with E-state index in [0.717, 1.165) is 0 Å². The number of halogens is 3. The van der Waals surface area contributed by atoms with Gasteiger partial charge in [0, 0.05) is 0 Å². The van der Waals surface area contributed by atoms with Crippen LogP contribution in [0.3, 0.4) is 0 Å². The van der Waals surface area contributed by atoms with Gasteiger partial charge in [-0.15, -0.1) is 0 Å². The molecule has 1 N–H and O–H groups in total. The fraction of sp³-hybridized carbons (Fsp3) is 0.222. The fourth-order valence-electron chi connectivity index (χ4n) is 0.842. The molecule has 1 atom stereocenters. The van der Waals surface area contributed by atoms with E-state index in [-0.39, 0.29) is 5.75 Å². The highest BCUT2D eigenvalue weighted by atomic mass is 19.3. The van der Waals surface area contributed by atoms with Gasteiger partial charge in [-0.05, 0) is 12.1 Å². The molecule has 0 aliphatic carbocycles. The van der Waals surface area contributed by atoms with E-state index < -0.39 is 18.2 Å². The maximum atomic E-state index is 13.2.